The number of aryl methyl sites for hydroxylation is 1. The molecule has 0 aliphatic rings. The number of hydrogen-bond donors (Lipinski definition) is 2. The molecular formula is C27H25Cl2F4N7. The Bertz CT molecular complexity index is 1590. The first-order chi connectivity index (χ1) is 18.7. The Kier molecular flexibility index (Phi) is 8.00. The highest BCUT2D eigenvalue weighted by Crippen LogP contribution is 2.40. The maximum absolute atomic E-state index is 14.3. The summed E-state index contributed by atoms with van der Waals surface area (Å²) in [6.07, 6.45) is -3.48. The molecule has 7 nitrogen and oxygen atoms in total. The summed E-state index contributed by atoms with van der Waals surface area (Å²) < 4.78 is 55.5. The second-order valence-corrected chi connectivity index (χ2v) is 10.0. The molecule has 210 valence electrons. The van der Waals surface area contributed by atoms with Crippen molar-refractivity contribution in [2.24, 2.45) is 0 Å². The minimum Gasteiger partial charge on any atom is -0.388 e. The van der Waals surface area contributed by atoms with Gasteiger partial charge in [-0.3, -0.25) is 0 Å². The number of rotatable bonds is 9. The summed E-state index contributed by atoms with van der Waals surface area (Å²) in [6, 6.07) is 12.4. The lowest BCUT2D eigenvalue weighted by Crippen LogP contribution is -2.36. The van der Waals surface area contributed by atoms with Gasteiger partial charge in [0.15, 0.2) is 0 Å². The van der Waals surface area contributed by atoms with E-state index in [1.807, 2.05) is 13.0 Å². The zero-order valence-corrected chi connectivity index (χ0v) is 23.3. The van der Waals surface area contributed by atoms with Crippen LogP contribution in [0.25, 0.3) is 17.1 Å². The molecular weight excluding hydrogens is 569 g/mol. The monoisotopic (exact) mass is 593 g/mol. The zero-order valence-electron chi connectivity index (χ0n) is 21.7. The fraction of sp³-hybridized carbons (Fsp3) is 0.222. The third kappa shape index (κ3) is 5.71. The van der Waals surface area contributed by atoms with Gasteiger partial charge in [0, 0.05) is 29.5 Å². The van der Waals surface area contributed by atoms with E-state index in [0.29, 0.717) is 45.3 Å². The van der Waals surface area contributed by atoms with Crippen molar-refractivity contribution in [3.05, 3.63) is 100 Å². The van der Waals surface area contributed by atoms with Gasteiger partial charge in [0.2, 0.25) is 5.82 Å². The van der Waals surface area contributed by atoms with Gasteiger partial charge in [-0.1, -0.05) is 48.5 Å². The van der Waals surface area contributed by atoms with E-state index >= 15 is 0 Å². The number of nitrogens with zero attached hydrogens (tertiary/aromatic N) is 5. The van der Waals surface area contributed by atoms with E-state index in [2.05, 4.69) is 39.2 Å². The van der Waals surface area contributed by atoms with Gasteiger partial charge in [-0.25, -0.2) is 4.39 Å². The predicted molar refractivity (Wildman–Crippen MR) is 149 cm³/mol. The number of tetrazole rings is 1. The first kappa shape index (κ1) is 29.2. The molecule has 4 rings (SSSR count). The fourth-order valence-corrected chi connectivity index (χ4v) is 4.47. The van der Waals surface area contributed by atoms with Gasteiger partial charge in [-0.15, -0.1) is 10.2 Å². The molecule has 40 heavy (non-hydrogen) atoms. The molecule has 1 atom stereocenters. The molecule has 0 aliphatic carbocycles. The second-order valence-electron chi connectivity index (χ2n) is 9.18. The highest BCUT2D eigenvalue weighted by Gasteiger charge is 2.56. The van der Waals surface area contributed by atoms with Crippen LogP contribution in [-0.4, -0.2) is 38.0 Å². The minimum atomic E-state index is -5.19. The molecule has 0 bridgehead atoms. The quantitative estimate of drug-likeness (QED) is 0.202. The van der Waals surface area contributed by atoms with Gasteiger partial charge in [0.05, 0.1) is 34.3 Å². The average molecular weight is 594 g/mol. The molecule has 0 fully saturated rings. The highest BCUT2D eigenvalue weighted by atomic mass is 35.5. The number of nitrogens with one attached hydrogen (secondary N) is 2. The van der Waals surface area contributed by atoms with Crippen LogP contribution >= 0.6 is 23.2 Å². The average Bonchev–Trinajstić information content (AvgIpc) is 3.52. The second kappa shape index (κ2) is 11.0. The van der Waals surface area contributed by atoms with Gasteiger partial charge >= 0.3 is 6.18 Å². The first-order valence-electron chi connectivity index (χ1n) is 11.9. The molecule has 2 heterocycles. The first-order valence-corrected chi connectivity index (χ1v) is 12.6. The van der Waals surface area contributed by atoms with Crippen molar-refractivity contribution in [2.75, 3.05) is 12.4 Å². The zero-order chi connectivity index (χ0) is 29.4. The lowest BCUT2D eigenvalue weighted by atomic mass is 10.0. The Balaban J connectivity index is 1.74. The van der Waals surface area contributed by atoms with Crippen molar-refractivity contribution in [3.63, 3.8) is 0 Å². The van der Waals surface area contributed by atoms with E-state index in [-0.39, 0.29) is 6.54 Å². The molecule has 2 aromatic heterocycles. The number of halogens is 6. The van der Waals surface area contributed by atoms with Crippen LogP contribution in [0.1, 0.15) is 35.1 Å². The van der Waals surface area contributed by atoms with Crippen LogP contribution < -0.4 is 10.6 Å². The Morgan fingerprint density at radius 3 is 2.40 bits per heavy atom. The minimum absolute atomic E-state index is 0.0968. The topological polar surface area (TPSA) is 72.6 Å². The van der Waals surface area contributed by atoms with Gasteiger partial charge < -0.3 is 15.2 Å². The normalized spacial score (nSPS) is 13.1. The van der Waals surface area contributed by atoms with E-state index in [1.54, 1.807) is 54.2 Å². The molecule has 1 unspecified atom stereocenters. The van der Waals surface area contributed by atoms with Crippen molar-refractivity contribution in [1.82, 2.24) is 30.1 Å². The number of para-hydroxylation sites is 1. The van der Waals surface area contributed by atoms with Crippen LogP contribution in [0.3, 0.4) is 0 Å². The van der Waals surface area contributed by atoms with Gasteiger partial charge in [-0.2, -0.15) is 18.0 Å². The maximum atomic E-state index is 14.3. The van der Waals surface area contributed by atoms with Crippen molar-refractivity contribution < 1.29 is 17.6 Å². The summed E-state index contributed by atoms with van der Waals surface area (Å²) in [6.45, 7) is 10.4. The van der Waals surface area contributed by atoms with E-state index in [9.17, 15) is 17.6 Å². The molecule has 0 spiro atoms. The SMILES string of the molecule is C=C(NC)c1cc(Cl)cc(C)c1NC(=C)c1cc(Cn2nnc(C(C)(F)C(F)(F)F)n2)cn1-c1ccccc1Cl. The third-order valence-corrected chi connectivity index (χ3v) is 6.77. The van der Waals surface area contributed by atoms with Crippen molar-refractivity contribution in [2.45, 2.75) is 32.2 Å². The summed E-state index contributed by atoms with van der Waals surface area (Å²) in [7, 11) is 1.75. The summed E-state index contributed by atoms with van der Waals surface area (Å²) in [4.78, 5) is 0.892. The summed E-state index contributed by atoms with van der Waals surface area (Å²) in [5.41, 5.74) is 1.45. The molecule has 0 radical (unpaired) electrons. The third-order valence-electron chi connectivity index (χ3n) is 6.23. The Labute approximate surface area is 238 Å². The van der Waals surface area contributed by atoms with Crippen LogP contribution in [0, 0.1) is 6.92 Å². The molecule has 0 amide bonds. The highest BCUT2D eigenvalue weighted by molar-refractivity contribution is 6.32. The maximum Gasteiger partial charge on any atom is 0.429 e. The van der Waals surface area contributed by atoms with Crippen molar-refractivity contribution >= 4 is 40.3 Å². The largest absolute Gasteiger partial charge is 0.429 e. The van der Waals surface area contributed by atoms with Gasteiger partial charge in [0.25, 0.3) is 5.67 Å². The van der Waals surface area contributed by atoms with Gasteiger partial charge in [0.1, 0.15) is 0 Å². The van der Waals surface area contributed by atoms with Crippen LogP contribution in [0.4, 0.5) is 23.2 Å². The van der Waals surface area contributed by atoms with E-state index in [4.69, 9.17) is 23.2 Å². The lowest BCUT2D eigenvalue weighted by Gasteiger charge is -2.20. The Hall–Kier alpha value is -3.83. The molecule has 2 aromatic carbocycles. The van der Waals surface area contributed by atoms with Crippen LogP contribution in [0.15, 0.2) is 61.8 Å². The van der Waals surface area contributed by atoms with E-state index in [1.165, 1.54) is 0 Å². The van der Waals surface area contributed by atoms with Crippen LogP contribution in [0.5, 0.6) is 0 Å². The standard InChI is InChI=1S/C27H25Cl2F4N7/c1-15-10-19(28)12-20(16(2)34-5)24(15)35-17(3)23-11-18(13-39(23)22-9-7-6-8-21(22)29)14-40-37-25(36-38-40)26(4,30)27(31,32)33/h6-13,34-35H,2-3,14H2,1,4-5H3. The van der Waals surface area contributed by atoms with Crippen molar-refractivity contribution in [3.8, 4) is 5.69 Å². The van der Waals surface area contributed by atoms with Crippen LogP contribution in [0.2, 0.25) is 10.0 Å². The van der Waals surface area contributed by atoms with E-state index < -0.39 is 17.7 Å². The smallest absolute Gasteiger partial charge is 0.388 e. The molecule has 0 aliphatic heterocycles. The van der Waals surface area contributed by atoms with Gasteiger partial charge in [-0.05, 0) is 60.5 Å². The molecule has 4 aromatic rings. The molecule has 2 N–H and O–H groups in total. The molecule has 13 heteroatoms. The summed E-state index contributed by atoms with van der Waals surface area (Å²) in [5, 5.41) is 17.9. The predicted octanol–water partition coefficient (Wildman–Crippen LogP) is 7.15. The Morgan fingerprint density at radius 2 is 1.75 bits per heavy atom. The number of benzene rings is 2. The number of alkyl halides is 4. The summed E-state index contributed by atoms with van der Waals surface area (Å²) in [5.74, 6) is -1.08. The summed E-state index contributed by atoms with van der Waals surface area (Å²) >= 11 is 12.8. The number of aromatic nitrogens is 5. The molecule has 0 saturated carbocycles. The van der Waals surface area contributed by atoms with Crippen LogP contribution in [-0.2, 0) is 12.2 Å². The lowest BCUT2D eigenvalue weighted by molar-refractivity contribution is -0.231. The Morgan fingerprint density at radius 1 is 1.05 bits per heavy atom. The number of hydrogen-bond acceptors (Lipinski definition) is 5. The van der Waals surface area contributed by atoms with Crippen molar-refractivity contribution in [1.29, 1.82) is 0 Å². The van der Waals surface area contributed by atoms with E-state index in [0.717, 1.165) is 21.6 Å². The fourth-order valence-electron chi connectivity index (χ4n) is 3.97. The number of anilines is 1. The molecule has 0 saturated heterocycles.